The van der Waals surface area contributed by atoms with E-state index in [0.29, 0.717) is 0 Å². The van der Waals surface area contributed by atoms with Crippen LogP contribution in [0.3, 0.4) is 0 Å². The molecule has 1 atom stereocenters. The summed E-state index contributed by atoms with van der Waals surface area (Å²) in [6.07, 6.45) is 6.53. The molecule has 1 amide bonds. The zero-order valence-corrected chi connectivity index (χ0v) is 16.3. The van der Waals surface area contributed by atoms with Gasteiger partial charge in [0.1, 0.15) is 9.88 Å². The Morgan fingerprint density at radius 1 is 1.15 bits per heavy atom. The quantitative estimate of drug-likeness (QED) is 0.819. The second-order valence-corrected chi connectivity index (χ2v) is 8.97. The summed E-state index contributed by atoms with van der Waals surface area (Å²) in [6.45, 7) is 7.12. The van der Waals surface area contributed by atoms with E-state index in [2.05, 4.69) is 47.1 Å². The van der Waals surface area contributed by atoms with E-state index in [1.165, 1.54) is 18.4 Å². The first-order valence-electron chi connectivity index (χ1n) is 9.66. The molecule has 26 heavy (non-hydrogen) atoms. The number of nitrogens with zero attached hydrogens (tertiary/aromatic N) is 3. The summed E-state index contributed by atoms with van der Waals surface area (Å²) in [5.74, 6) is 0.150. The molecule has 5 heteroatoms. The Kier molecular flexibility index (Phi) is 5.09. The van der Waals surface area contributed by atoms with Gasteiger partial charge in [0.05, 0.1) is 12.7 Å². The SMILES string of the molecule is C[C@@]1(c2ccccc2)CCCN(C(=O)c2cnc(CN3CCCC3)s2)C1. The highest BCUT2D eigenvalue weighted by molar-refractivity contribution is 7.13. The smallest absolute Gasteiger partial charge is 0.265 e. The van der Waals surface area contributed by atoms with Crippen LogP contribution in [0.2, 0.25) is 0 Å². The third-order valence-electron chi connectivity index (χ3n) is 5.78. The van der Waals surface area contributed by atoms with Gasteiger partial charge in [0.15, 0.2) is 0 Å². The number of rotatable bonds is 4. The number of aromatic nitrogens is 1. The van der Waals surface area contributed by atoms with E-state index >= 15 is 0 Å². The molecule has 2 saturated heterocycles. The van der Waals surface area contributed by atoms with Crippen LogP contribution >= 0.6 is 11.3 Å². The maximum absolute atomic E-state index is 13.1. The predicted octanol–water partition coefficient (Wildman–Crippen LogP) is 3.93. The van der Waals surface area contributed by atoms with Crippen LogP contribution in [-0.2, 0) is 12.0 Å². The van der Waals surface area contributed by atoms with Gasteiger partial charge in [-0.1, -0.05) is 37.3 Å². The Morgan fingerprint density at radius 2 is 1.92 bits per heavy atom. The number of piperidine rings is 1. The van der Waals surface area contributed by atoms with E-state index < -0.39 is 0 Å². The summed E-state index contributed by atoms with van der Waals surface area (Å²) in [5.41, 5.74) is 1.37. The Balaban J connectivity index is 1.45. The summed E-state index contributed by atoms with van der Waals surface area (Å²) in [6, 6.07) is 10.6. The van der Waals surface area contributed by atoms with Gasteiger partial charge in [-0.3, -0.25) is 9.69 Å². The van der Waals surface area contributed by atoms with Gasteiger partial charge < -0.3 is 4.90 Å². The van der Waals surface area contributed by atoms with Crippen LogP contribution in [0.25, 0.3) is 0 Å². The minimum Gasteiger partial charge on any atom is -0.337 e. The summed E-state index contributed by atoms with van der Waals surface area (Å²) >= 11 is 1.57. The van der Waals surface area contributed by atoms with Crippen molar-refractivity contribution >= 4 is 17.2 Å². The van der Waals surface area contributed by atoms with E-state index in [-0.39, 0.29) is 11.3 Å². The standard InChI is InChI=1S/C21H27N3OS/c1-21(17-8-3-2-4-9-17)10-7-13-24(16-21)20(25)18-14-22-19(26-18)15-23-11-5-6-12-23/h2-4,8-9,14H,5-7,10-13,15-16H2,1H3/t21-/m1/s1. The van der Waals surface area contributed by atoms with Crippen molar-refractivity contribution in [2.24, 2.45) is 0 Å². The zero-order valence-electron chi connectivity index (χ0n) is 15.5. The molecule has 4 rings (SSSR count). The lowest BCUT2D eigenvalue weighted by Gasteiger charge is -2.40. The minimum absolute atomic E-state index is 0.0399. The summed E-state index contributed by atoms with van der Waals surface area (Å²) in [7, 11) is 0. The average molecular weight is 370 g/mol. The first kappa shape index (κ1) is 17.7. The van der Waals surface area contributed by atoms with Gasteiger partial charge >= 0.3 is 0 Å². The first-order chi connectivity index (χ1) is 12.6. The first-order valence-corrected chi connectivity index (χ1v) is 10.5. The molecule has 0 bridgehead atoms. The van der Waals surface area contributed by atoms with Gasteiger partial charge in [-0.15, -0.1) is 11.3 Å². The van der Waals surface area contributed by atoms with Gasteiger partial charge in [-0.25, -0.2) is 4.98 Å². The number of amides is 1. The molecule has 0 N–H and O–H groups in total. The Morgan fingerprint density at radius 3 is 2.69 bits per heavy atom. The molecule has 0 aliphatic carbocycles. The third kappa shape index (κ3) is 3.69. The number of carbonyl (C=O) groups excluding carboxylic acids is 1. The van der Waals surface area contributed by atoms with Crippen LogP contribution in [0.1, 0.15) is 52.8 Å². The van der Waals surface area contributed by atoms with Gasteiger partial charge in [0.2, 0.25) is 0 Å². The molecule has 2 aromatic rings. The fourth-order valence-electron chi connectivity index (χ4n) is 4.26. The summed E-state index contributed by atoms with van der Waals surface area (Å²) in [4.78, 5) is 22.8. The molecule has 0 saturated carbocycles. The molecule has 138 valence electrons. The topological polar surface area (TPSA) is 36.4 Å². The molecular weight excluding hydrogens is 342 g/mol. The highest BCUT2D eigenvalue weighted by atomic mass is 32.1. The molecule has 1 aromatic heterocycles. The van der Waals surface area contributed by atoms with Crippen LogP contribution in [-0.4, -0.2) is 46.9 Å². The minimum atomic E-state index is 0.0399. The van der Waals surface area contributed by atoms with Crippen molar-refractivity contribution in [3.63, 3.8) is 0 Å². The zero-order chi connectivity index (χ0) is 18.0. The van der Waals surface area contributed by atoms with Gasteiger partial charge in [-0.05, 0) is 44.3 Å². The maximum atomic E-state index is 13.1. The fourth-order valence-corrected chi connectivity index (χ4v) is 5.19. The fraction of sp³-hybridized carbons (Fsp3) is 0.524. The van der Waals surface area contributed by atoms with Crippen molar-refractivity contribution in [3.8, 4) is 0 Å². The normalized spacial score (nSPS) is 24.1. The van der Waals surface area contributed by atoms with Crippen LogP contribution in [0.15, 0.2) is 36.5 Å². The number of thiazole rings is 1. The van der Waals surface area contributed by atoms with Crippen molar-refractivity contribution in [1.82, 2.24) is 14.8 Å². The van der Waals surface area contributed by atoms with Crippen LogP contribution < -0.4 is 0 Å². The monoisotopic (exact) mass is 369 g/mol. The Hall–Kier alpha value is -1.72. The predicted molar refractivity (Wildman–Crippen MR) is 106 cm³/mol. The van der Waals surface area contributed by atoms with Gasteiger partial charge in [0, 0.05) is 18.5 Å². The summed E-state index contributed by atoms with van der Waals surface area (Å²) in [5, 5.41) is 1.07. The molecule has 2 fully saturated rings. The van der Waals surface area contributed by atoms with E-state index in [1.54, 1.807) is 17.5 Å². The number of hydrogen-bond donors (Lipinski definition) is 0. The lowest BCUT2D eigenvalue weighted by Crippen LogP contribution is -2.46. The molecule has 3 heterocycles. The third-order valence-corrected chi connectivity index (χ3v) is 6.75. The van der Waals surface area contributed by atoms with E-state index in [1.807, 2.05) is 4.90 Å². The summed E-state index contributed by atoms with van der Waals surface area (Å²) < 4.78 is 0. The van der Waals surface area contributed by atoms with Crippen molar-refractivity contribution in [3.05, 3.63) is 52.0 Å². The molecule has 1 aromatic carbocycles. The molecule has 0 radical (unpaired) electrons. The molecule has 2 aliphatic heterocycles. The number of hydrogen-bond acceptors (Lipinski definition) is 4. The van der Waals surface area contributed by atoms with Gasteiger partial charge in [-0.2, -0.15) is 0 Å². The van der Waals surface area contributed by atoms with E-state index in [4.69, 9.17) is 0 Å². The highest BCUT2D eigenvalue weighted by Gasteiger charge is 2.35. The lowest BCUT2D eigenvalue weighted by atomic mass is 9.76. The molecule has 4 nitrogen and oxygen atoms in total. The number of carbonyl (C=O) groups is 1. The van der Waals surface area contributed by atoms with Crippen molar-refractivity contribution in [2.75, 3.05) is 26.2 Å². The van der Waals surface area contributed by atoms with Crippen molar-refractivity contribution in [2.45, 2.75) is 44.6 Å². The second-order valence-electron chi connectivity index (χ2n) is 7.86. The molecule has 0 unspecified atom stereocenters. The number of benzene rings is 1. The molecule has 0 spiro atoms. The van der Waals surface area contributed by atoms with E-state index in [9.17, 15) is 4.79 Å². The second kappa shape index (κ2) is 7.49. The highest BCUT2D eigenvalue weighted by Crippen LogP contribution is 2.34. The largest absolute Gasteiger partial charge is 0.337 e. The number of likely N-dealkylation sites (tertiary alicyclic amines) is 2. The molecular formula is C21H27N3OS. The van der Waals surface area contributed by atoms with E-state index in [0.717, 1.165) is 55.5 Å². The van der Waals surface area contributed by atoms with Crippen molar-refractivity contribution in [1.29, 1.82) is 0 Å². The lowest BCUT2D eigenvalue weighted by molar-refractivity contribution is 0.0655. The average Bonchev–Trinajstić information content (AvgIpc) is 3.34. The molecule has 2 aliphatic rings. The maximum Gasteiger partial charge on any atom is 0.265 e. The Labute approximate surface area is 159 Å². The van der Waals surface area contributed by atoms with Gasteiger partial charge in [0.25, 0.3) is 5.91 Å². The van der Waals surface area contributed by atoms with Crippen LogP contribution in [0.4, 0.5) is 0 Å². The van der Waals surface area contributed by atoms with Crippen molar-refractivity contribution < 1.29 is 4.79 Å². The van der Waals surface area contributed by atoms with Crippen LogP contribution in [0.5, 0.6) is 0 Å². The van der Waals surface area contributed by atoms with Crippen LogP contribution in [0, 0.1) is 0 Å². The Bertz CT molecular complexity index is 754.